The second-order valence-corrected chi connectivity index (χ2v) is 6.40. The Labute approximate surface area is 123 Å². The summed E-state index contributed by atoms with van der Waals surface area (Å²) in [6, 6.07) is 7.19. The van der Waals surface area contributed by atoms with Gasteiger partial charge in [-0.05, 0) is 17.7 Å². The lowest BCUT2D eigenvalue weighted by Crippen LogP contribution is -2.26. The molecule has 2 N–H and O–H groups in total. The van der Waals surface area contributed by atoms with E-state index >= 15 is 0 Å². The molecule has 0 saturated heterocycles. The number of sulfonamides is 1. The lowest BCUT2D eigenvalue weighted by atomic mass is 10.1. The maximum absolute atomic E-state index is 12.2. The van der Waals surface area contributed by atoms with E-state index in [-0.39, 0.29) is 18.0 Å². The lowest BCUT2D eigenvalue weighted by Gasteiger charge is -2.16. The summed E-state index contributed by atoms with van der Waals surface area (Å²) in [6.45, 7) is 0.0641. The topological polar surface area (TPSA) is 86.3 Å². The van der Waals surface area contributed by atoms with Crippen molar-refractivity contribution in [3.8, 4) is 11.8 Å². The van der Waals surface area contributed by atoms with Crippen LogP contribution < -0.4 is 0 Å². The van der Waals surface area contributed by atoms with Crippen molar-refractivity contribution in [3.05, 3.63) is 47.8 Å². The molecular formula is C14H15N3O3S. The number of nitrogens with zero attached hydrogens (tertiary/aromatic N) is 2. The predicted molar refractivity (Wildman–Crippen MR) is 77.6 cm³/mol. The molecule has 1 aromatic heterocycles. The zero-order valence-corrected chi connectivity index (χ0v) is 12.3. The zero-order valence-electron chi connectivity index (χ0n) is 11.4. The van der Waals surface area contributed by atoms with E-state index in [1.165, 1.54) is 23.7 Å². The molecule has 0 radical (unpaired) electrons. The van der Waals surface area contributed by atoms with E-state index in [0.717, 1.165) is 11.1 Å². The Kier molecular flexibility index (Phi) is 4.75. The first-order valence-corrected chi connectivity index (χ1v) is 7.62. The number of aliphatic hydroxyl groups excluding tert-OH is 1. The Hall–Kier alpha value is -2.14. The zero-order chi connectivity index (χ0) is 15.3. The molecule has 2 aromatic rings. The van der Waals surface area contributed by atoms with Gasteiger partial charge >= 0.3 is 0 Å². The molecule has 0 unspecified atom stereocenters. The minimum Gasteiger partial charge on any atom is -0.384 e. The van der Waals surface area contributed by atoms with Gasteiger partial charge in [-0.2, -0.15) is 9.40 Å². The molecule has 0 saturated carbocycles. The number of aliphatic hydroxyl groups is 1. The second-order valence-electron chi connectivity index (χ2n) is 4.35. The van der Waals surface area contributed by atoms with Crippen molar-refractivity contribution >= 4 is 10.0 Å². The summed E-state index contributed by atoms with van der Waals surface area (Å²) in [5.41, 5.74) is 1.62. The number of aromatic amines is 1. The van der Waals surface area contributed by atoms with Crippen LogP contribution in [-0.2, 0) is 16.6 Å². The van der Waals surface area contributed by atoms with E-state index in [2.05, 4.69) is 22.0 Å². The predicted octanol–water partition coefficient (Wildman–Crippen LogP) is 0.574. The minimum absolute atomic E-state index is 0.135. The molecule has 0 atom stereocenters. The van der Waals surface area contributed by atoms with Crippen molar-refractivity contribution in [1.29, 1.82) is 0 Å². The summed E-state index contributed by atoms with van der Waals surface area (Å²) in [7, 11) is -2.02. The summed E-state index contributed by atoms with van der Waals surface area (Å²) < 4.78 is 25.7. The Morgan fingerprint density at radius 2 is 2.05 bits per heavy atom. The molecule has 0 aliphatic rings. The van der Waals surface area contributed by atoms with Crippen molar-refractivity contribution in [2.75, 3.05) is 13.7 Å². The summed E-state index contributed by atoms with van der Waals surface area (Å²) in [5.74, 6) is 5.34. The van der Waals surface area contributed by atoms with Gasteiger partial charge in [-0.15, -0.1) is 0 Å². The van der Waals surface area contributed by atoms with Crippen LogP contribution in [0.5, 0.6) is 0 Å². The van der Waals surface area contributed by atoms with Crippen LogP contribution >= 0.6 is 0 Å². The normalized spacial score (nSPS) is 11.2. The van der Waals surface area contributed by atoms with E-state index in [1.54, 1.807) is 12.1 Å². The van der Waals surface area contributed by atoms with Gasteiger partial charge in [0, 0.05) is 25.4 Å². The molecule has 0 spiro atoms. The third kappa shape index (κ3) is 3.70. The number of nitrogens with one attached hydrogen (secondary N) is 1. The molecule has 6 nitrogen and oxygen atoms in total. The lowest BCUT2D eigenvalue weighted by molar-refractivity contribution is 0.350. The largest absolute Gasteiger partial charge is 0.384 e. The Balaban J connectivity index is 2.11. The highest BCUT2D eigenvalue weighted by molar-refractivity contribution is 7.89. The number of hydrogen-bond donors (Lipinski definition) is 2. The molecule has 0 amide bonds. The van der Waals surface area contributed by atoms with Gasteiger partial charge in [-0.1, -0.05) is 24.0 Å². The highest BCUT2D eigenvalue weighted by Gasteiger charge is 2.21. The maximum atomic E-state index is 12.2. The quantitative estimate of drug-likeness (QED) is 0.809. The Morgan fingerprint density at radius 3 is 2.62 bits per heavy atom. The summed E-state index contributed by atoms with van der Waals surface area (Å²) in [4.78, 5) is 0.135. The van der Waals surface area contributed by atoms with Gasteiger partial charge in [-0.25, -0.2) is 8.42 Å². The summed E-state index contributed by atoms with van der Waals surface area (Å²) in [6.07, 6.45) is 2.62. The standard InChI is InChI=1S/C14H15N3O3S/c1-17(21(19,20)14-9-15-16-10-14)11-13-6-4-12(5-7-13)3-2-8-18/h4-7,9-10,18H,8,11H2,1H3,(H,15,16). The van der Waals surface area contributed by atoms with Gasteiger partial charge in [0.05, 0.1) is 6.20 Å². The number of hydrogen-bond acceptors (Lipinski definition) is 4. The van der Waals surface area contributed by atoms with Crippen molar-refractivity contribution in [3.63, 3.8) is 0 Å². The molecule has 1 heterocycles. The van der Waals surface area contributed by atoms with E-state index in [1.807, 2.05) is 12.1 Å². The second kappa shape index (κ2) is 6.54. The Bertz CT molecular complexity index is 741. The first-order valence-electron chi connectivity index (χ1n) is 6.18. The smallest absolute Gasteiger partial charge is 0.246 e. The van der Waals surface area contributed by atoms with Crippen LogP contribution in [0, 0.1) is 11.8 Å². The third-order valence-electron chi connectivity index (χ3n) is 2.85. The molecule has 0 bridgehead atoms. The number of aromatic nitrogens is 2. The van der Waals surface area contributed by atoms with E-state index in [0.29, 0.717) is 0 Å². The van der Waals surface area contributed by atoms with E-state index < -0.39 is 10.0 Å². The SMILES string of the molecule is CN(Cc1ccc(C#CCO)cc1)S(=O)(=O)c1cn[nH]c1. The van der Waals surface area contributed by atoms with Gasteiger partial charge < -0.3 is 5.11 Å². The molecular weight excluding hydrogens is 290 g/mol. The molecule has 0 fully saturated rings. The fourth-order valence-corrected chi connectivity index (χ4v) is 2.80. The number of benzene rings is 1. The van der Waals surface area contributed by atoms with Gasteiger partial charge in [0.25, 0.3) is 0 Å². The average Bonchev–Trinajstić information content (AvgIpc) is 3.01. The maximum Gasteiger partial charge on any atom is 0.246 e. The van der Waals surface area contributed by atoms with Gasteiger partial charge in [0.2, 0.25) is 10.0 Å². The first-order chi connectivity index (χ1) is 10.0. The summed E-state index contributed by atoms with van der Waals surface area (Å²) >= 11 is 0. The summed E-state index contributed by atoms with van der Waals surface area (Å²) in [5, 5.41) is 14.8. The van der Waals surface area contributed by atoms with Crippen LogP contribution in [0.3, 0.4) is 0 Å². The van der Waals surface area contributed by atoms with Crippen LogP contribution in [0.1, 0.15) is 11.1 Å². The first kappa shape index (κ1) is 15.3. The molecule has 1 aromatic carbocycles. The van der Waals surface area contributed by atoms with Crippen LogP contribution in [-0.4, -0.2) is 41.7 Å². The molecule has 21 heavy (non-hydrogen) atoms. The van der Waals surface area contributed by atoms with Crippen molar-refractivity contribution < 1.29 is 13.5 Å². The van der Waals surface area contributed by atoms with E-state index in [9.17, 15) is 8.42 Å². The van der Waals surface area contributed by atoms with Gasteiger partial charge in [0.15, 0.2) is 0 Å². The van der Waals surface area contributed by atoms with Crippen LogP contribution in [0.2, 0.25) is 0 Å². The molecule has 0 aliphatic carbocycles. The van der Waals surface area contributed by atoms with E-state index in [4.69, 9.17) is 5.11 Å². The minimum atomic E-state index is -3.54. The van der Waals surface area contributed by atoms with Gasteiger partial charge in [-0.3, -0.25) is 5.10 Å². The highest BCUT2D eigenvalue weighted by atomic mass is 32.2. The van der Waals surface area contributed by atoms with Crippen molar-refractivity contribution in [1.82, 2.24) is 14.5 Å². The van der Waals surface area contributed by atoms with Crippen molar-refractivity contribution in [2.45, 2.75) is 11.4 Å². The highest BCUT2D eigenvalue weighted by Crippen LogP contribution is 2.15. The molecule has 110 valence electrons. The molecule has 0 aliphatic heterocycles. The number of rotatable bonds is 4. The molecule has 7 heteroatoms. The number of H-pyrrole nitrogens is 1. The van der Waals surface area contributed by atoms with Gasteiger partial charge in [0.1, 0.15) is 11.5 Å². The van der Waals surface area contributed by atoms with Crippen LogP contribution in [0.25, 0.3) is 0 Å². The van der Waals surface area contributed by atoms with Crippen LogP contribution in [0.15, 0.2) is 41.6 Å². The monoisotopic (exact) mass is 305 g/mol. The Morgan fingerprint density at radius 1 is 1.33 bits per heavy atom. The molecule has 2 rings (SSSR count). The fraction of sp³-hybridized carbons (Fsp3) is 0.214. The average molecular weight is 305 g/mol. The third-order valence-corrected chi connectivity index (χ3v) is 4.62. The van der Waals surface area contributed by atoms with Crippen LogP contribution in [0.4, 0.5) is 0 Å². The van der Waals surface area contributed by atoms with Crippen molar-refractivity contribution in [2.24, 2.45) is 0 Å². The fourth-order valence-electron chi connectivity index (χ4n) is 1.74.